The Hall–Kier alpha value is -7.11. The van der Waals surface area contributed by atoms with Gasteiger partial charge in [0.2, 0.25) is 11.8 Å². The number of hydrogen-bond donors (Lipinski definition) is 4. The van der Waals surface area contributed by atoms with Crippen LogP contribution in [-0.4, -0.2) is 53.9 Å². The third-order valence-electron chi connectivity index (χ3n) is 9.89. The predicted molar refractivity (Wildman–Crippen MR) is 223 cm³/mol. The van der Waals surface area contributed by atoms with Gasteiger partial charge in [0.05, 0.1) is 23.7 Å². The average molecular weight is 834 g/mol. The second-order valence-corrected chi connectivity index (χ2v) is 14.3. The summed E-state index contributed by atoms with van der Waals surface area (Å²) in [5.74, 6) is 1.05. The molecule has 3 aromatic heterocycles. The van der Waals surface area contributed by atoms with Crippen molar-refractivity contribution in [3.05, 3.63) is 138 Å². The summed E-state index contributed by atoms with van der Waals surface area (Å²) < 4.78 is 75.7. The zero-order valence-electron chi connectivity index (χ0n) is 32.7. The minimum Gasteiger partial charge on any atom is -0.438 e. The summed E-state index contributed by atoms with van der Waals surface area (Å²) in [6.07, 6.45) is 2.80. The first-order valence-electron chi connectivity index (χ1n) is 19.0. The Balaban J connectivity index is 0.000000185. The summed E-state index contributed by atoms with van der Waals surface area (Å²) in [7, 11) is 0. The molecule has 12 nitrogen and oxygen atoms in total. The molecule has 312 valence electrons. The zero-order valence-corrected chi connectivity index (χ0v) is 32.7. The van der Waals surface area contributed by atoms with Gasteiger partial charge in [-0.05, 0) is 91.5 Å². The number of ether oxygens (including phenoxy) is 1. The molecule has 0 unspecified atom stereocenters. The lowest BCUT2D eigenvalue weighted by atomic mass is 9.94. The number of likely N-dealkylation sites (tertiary alicyclic amines) is 1. The Morgan fingerprint density at radius 1 is 0.672 bits per heavy atom. The zero-order chi connectivity index (χ0) is 43.3. The molecule has 61 heavy (non-hydrogen) atoms. The molecular weight excluding hydrogens is 794 g/mol. The summed E-state index contributed by atoms with van der Waals surface area (Å²) in [6, 6.07) is 22.0. The number of rotatable bonds is 8. The molecule has 4 aromatic carbocycles. The predicted octanol–water partition coefficient (Wildman–Crippen LogP) is 8.48. The van der Waals surface area contributed by atoms with Crippen LogP contribution in [0.3, 0.4) is 0 Å². The summed E-state index contributed by atoms with van der Waals surface area (Å²) >= 11 is 0. The van der Waals surface area contributed by atoms with Gasteiger partial charge in [-0.1, -0.05) is 42.5 Å². The fourth-order valence-electron chi connectivity index (χ4n) is 6.82. The lowest BCUT2D eigenvalue weighted by molar-refractivity contribution is -0.137. The number of halogens is 5. The van der Waals surface area contributed by atoms with Gasteiger partial charge in [-0.3, -0.25) is 9.88 Å². The number of piperidine rings is 1. The topological polar surface area (TPSA) is 194 Å². The molecule has 7 aromatic rings. The van der Waals surface area contributed by atoms with E-state index in [1.54, 1.807) is 37.3 Å². The maximum absolute atomic E-state index is 14.9. The van der Waals surface area contributed by atoms with Crippen molar-refractivity contribution in [3.63, 3.8) is 0 Å². The Morgan fingerprint density at radius 3 is 1.97 bits per heavy atom. The largest absolute Gasteiger partial charge is 0.438 e. The van der Waals surface area contributed by atoms with Crippen molar-refractivity contribution in [1.82, 2.24) is 34.8 Å². The number of nitrogens with zero attached hydrogens (tertiary/aromatic N) is 7. The average Bonchev–Trinajstić information content (AvgIpc) is 3.22. The van der Waals surface area contributed by atoms with Crippen molar-refractivity contribution in [2.45, 2.75) is 38.5 Å². The van der Waals surface area contributed by atoms with Crippen LogP contribution in [-0.2, 0) is 12.7 Å². The van der Waals surface area contributed by atoms with Gasteiger partial charge in [-0.2, -0.15) is 18.2 Å². The number of benzene rings is 4. The van der Waals surface area contributed by atoms with Crippen molar-refractivity contribution in [1.29, 1.82) is 0 Å². The van der Waals surface area contributed by atoms with E-state index in [1.807, 2.05) is 18.2 Å². The van der Waals surface area contributed by atoms with Crippen LogP contribution in [0.25, 0.3) is 44.6 Å². The number of nitrogen functional groups attached to an aromatic ring is 3. The number of aryl methyl sites for hydroxylation is 1. The van der Waals surface area contributed by atoms with Gasteiger partial charge in [0.25, 0.3) is 0 Å². The van der Waals surface area contributed by atoms with Gasteiger partial charge in [-0.15, -0.1) is 0 Å². The van der Waals surface area contributed by atoms with Crippen molar-refractivity contribution in [2.75, 3.05) is 30.3 Å². The second kappa shape index (κ2) is 18.0. The quantitative estimate of drug-likeness (QED) is 0.107. The lowest BCUT2D eigenvalue weighted by Gasteiger charge is -2.31. The number of hydrogen-bond acceptors (Lipinski definition) is 12. The molecule has 17 heteroatoms. The second-order valence-electron chi connectivity index (χ2n) is 14.3. The van der Waals surface area contributed by atoms with E-state index in [2.05, 4.69) is 34.8 Å². The maximum atomic E-state index is 14.9. The van der Waals surface area contributed by atoms with Crippen LogP contribution in [0.1, 0.15) is 29.8 Å². The van der Waals surface area contributed by atoms with Gasteiger partial charge in [0, 0.05) is 53.3 Å². The number of alkyl halides is 3. The van der Waals surface area contributed by atoms with E-state index in [9.17, 15) is 22.0 Å². The van der Waals surface area contributed by atoms with Gasteiger partial charge in [-0.25, -0.2) is 28.7 Å². The van der Waals surface area contributed by atoms with Crippen LogP contribution >= 0.6 is 0 Å². The Bertz CT molecular complexity index is 2620. The summed E-state index contributed by atoms with van der Waals surface area (Å²) in [5, 5.41) is 0. The van der Waals surface area contributed by atoms with Gasteiger partial charge >= 0.3 is 6.18 Å². The number of para-hydroxylation sites is 1. The fourth-order valence-corrected chi connectivity index (χ4v) is 6.82. The van der Waals surface area contributed by atoms with Crippen LogP contribution in [0.2, 0.25) is 0 Å². The molecule has 0 saturated carbocycles. The first-order valence-corrected chi connectivity index (χ1v) is 19.0. The van der Waals surface area contributed by atoms with Crippen LogP contribution in [0.4, 0.5) is 39.5 Å². The van der Waals surface area contributed by atoms with Crippen molar-refractivity contribution in [2.24, 2.45) is 5.73 Å². The van der Waals surface area contributed by atoms with E-state index in [0.29, 0.717) is 87.5 Å². The van der Waals surface area contributed by atoms with Crippen LogP contribution in [0.15, 0.2) is 110 Å². The third kappa shape index (κ3) is 10.4. The summed E-state index contributed by atoms with van der Waals surface area (Å²) in [5.41, 5.74) is 26.4. The summed E-state index contributed by atoms with van der Waals surface area (Å²) in [6.45, 7) is 3.48. The molecule has 1 aliphatic heterocycles. The lowest BCUT2D eigenvalue weighted by Crippen LogP contribution is -2.39. The van der Waals surface area contributed by atoms with E-state index in [1.165, 1.54) is 49.1 Å². The first-order chi connectivity index (χ1) is 29.2. The third-order valence-corrected chi connectivity index (χ3v) is 9.89. The van der Waals surface area contributed by atoms with E-state index in [4.69, 9.17) is 27.7 Å². The molecule has 0 radical (unpaired) electrons. The first kappa shape index (κ1) is 42.0. The Kier molecular flexibility index (Phi) is 12.4. The SMILES string of the molecule is Cc1nc(N)cc(Oc2ccccc2-c2ccc(-c3cnc(N)nc3)c(F)c2)n1.Nc1cnc(-c2ccc(-c3ccc(C(F)(F)F)cc3CN3CCC(N)CC3)cc2F)cn1. The molecular formula is C44H40F5N11O. The number of aromatic nitrogens is 6. The minimum atomic E-state index is -4.46. The molecule has 0 atom stereocenters. The highest BCUT2D eigenvalue weighted by Gasteiger charge is 2.31. The summed E-state index contributed by atoms with van der Waals surface area (Å²) in [4.78, 5) is 26.2. The molecule has 1 fully saturated rings. The van der Waals surface area contributed by atoms with Gasteiger partial charge in [0.1, 0.15) is 34.8 Å². The van der Waals surface area contributed by atoms with Gasteiger partial charge in [0.15, 0.2) is 0 Å². The Morgan fingerprint density at radius 2 is 1.33 bits per heavy atom. The Labute approximate surface area is 347 Å². The van der Waals surface area contributed by atoms with Crippen LogP contribution in [0.5, 0.6) is 11.6 Å². The molecule has 1 saturated heterocycles. The van der Waals surface area contributed by atoms with Crippen molar-refractivity contribution < 1.29 is 26.7 Å². The smallest absolute Gasteiger partial charge is 0.416 e. The number of anilines is 3. The maximum Gasteiger partial charge on any atom is 0.416 e. The van der Waals surface area contributed by atoms with Crippen molar-refractivity contribution in [3.8, 4) is 56.3 Å². The van der Waals surface area contributed by atoms with E-state index < -0.39 is 23.4 Å². The number of nitrogens with two attached hydrogens (primary N) is 4. The molecule has 0 aliphatic carbocycles. The molecule has 8 rings (SSSR count). The highest BCUT2D eigenvalue weighted by Crippen LogP contribution is 2.37. The minimum absolute atomic E-state index is 0.116. The van der Waals surface area contributed by atoms with E-state index in [0.717, 1.165) is 25.0 Å². The molecule has 1 aliphatic rings. The highest BCUT2D eigenvalue weighted by molar-refractivity contribution is 5.75. The fraction of sp³-hybridized carbons (Fsp3) is 0.182. The molecule has 8 N–H and O–H groups in total. The van der Waals surface area contributed by atoms with Gasteiger partial charge < -0.3 is 27.7 Å². The normalized spacial score (nSPS) is 13.4. The van der Waals surface area contributed by atoms with Crippen LogP contribution < -0.4 is 27.7 Å². The van der Waals surface area contributed by atoms with E-state index >= 15 is 0 Å². The molecule has 0 bridgehead atoms. The van der Waals surface area contributed by atoms with Crippen LogP contribution in [0, 0.1) is 18.6 Å². The molecule has 0 amide bonds. The monoisotopic (exact) mass is 833 g/mol. The van der Waals surface area contributed by atoms with Crippen molar-refractivity contribution >= 4 is 17.6 Å². The molecule has 0 spiro atoms. The molecule has 4 heterocycles. The highest BCUT2D eigenvalue weighted by atomic mass is 19.4. The van der Waals surface area contributed by atoms with E-state index in [-0.39, 0.29) is 23.4 Å². The standard InChI is InChI=1S/C23H23F4N5.C21H17FN6O/c24-20-10-14(1-3-19(20)21-11-31-22(29)12-30-21)18-4-2-16(23(25,26)27)9-15(18)13-32-7-5-17(28)6-8-32;1-12-27-19(23)9-20(28-12)29-18-5-3-2-4-16(18)13-6-7-15(17(22)8-13)14-10-25-21(24)26-11-14/h1-4,9-12,17H,5-8,13,28H2,(H2,29,31);2-11H,1H3,(H2,23,27,28)(H2,24,25,26).